The standard InChI is InChI=1S/C20H15ClN4OS/c21-16-10-8-14(9-11-16)13-22-20-23-18(15-5-2-1-3-6-15)24-25(20)19(26)17-7-4-12-27-17/h1-12H,13H2,(H,22,23,24). The molecule has 0 spiro atoms. The average molecular weight is 395 g/mol. The topological polar surface area (TPSA) is 59.8 Å². The lowest BCUT2D eigenvalue weighted by Crippen LogP contribution is -2.16. The number of nitrogens with one attached hydrogen (secondary N) is 1. The number of carbonyl (C=O) groups excluding carboxylic acids is 1. The Morgan fingerprint density at radius 1 is 1.04 bits per heavy atom. The normalized spacial score (nSPS) is 10.7. The number of nitrogens with zero attached hydrogens (tertiary/aromatic N) is 3. The first kappa shape index (κ1) is 17.5. The number of carbonyl (C=O) groups is 1. The molecule has 2 aromatic carbocycles. The summed E-state index contributed by atoms with van der Waals surface area (Å²) in [6.07, 6.45) is 0. The van der Waals surface area contributed by atoms with Crippen LogP contribution in [-0.2, 0) is 6.54 Å². The molecule has 7 heteroatoms. The Kier molecular flexibility index (Phi) is 5.00. The maximum absolute atomic E-state index is 12.8. The van der Waals surface area contributed by atoms with Gasteiger partial charge in [0.05, 0.1) is 4.88 Å². The van der Waals surface area contributed by atoms with E-state index in [2.05, 4.69) is 15.4 Å². The molecule has 0 bridgehead atoms. The van der Waals surface area contributed by atoms with E-state index in [1.807, 2.05) is 66.0 Å². The molecule has 0 amide bonds. The molecule has 0 saturated carbocycles. The first-order valence-corrected chi connectivity index (χ1v) is 9.55. The first-order chi connectivity index (χ1) is 13.2. The highest BCUT2D eigenvalue weighted by molar-refractivity contribution is 7.12. The Balaban J connectivity index is 1.66. The molecule has 0 aliphatic heterocycles. The van der Waals surface area contributed by atoms with E-state index >= 15 is 0 Å². The third kappa shape index (κ3) is 3.92. The monoisotopic (exact) mass is 394 g/mol. The van der Waals surface area contributed by atoms with Crippen LogP contribution in [0.25, 0.3) is 11.4 Å². The summed E-state index contributed by atoms with van der Waals surface area (Å²) in [7, 11) is 0. The fraction of sp³-hybridized carbons (Fsp3) is 0.0500. The molecule has 0 aliphatic rings. The molecular formula is C20H15ClN4OS. The van der Waals surface area contributed by atoms with E-state index in [9.17, 15) is 4.79 Å². The zero-order valence-electron chi connectivity index (χ0n) is 14.2. The van der Waals surface area contributed by atoms with Crippen molar-refractivity contribution in [2.45, 2.75) is 6.54 Å². The third-order valence-electron chi connectivity index (χ3n) is 3.93. The molecular weight excluding hydrogens is 380 g/mol. The van der Waals surface area contributed by atoms with Crippen LogP contribution in [0.4, 0.5) is 5.95 Å². The van der Waals surface area contributed by atoms with Gasteiger partial charge in [-0.05, 0) is 29.1 Å². The van der Waals surface area contributed by atoms with Crippen molar-refractivity contribution in [2.24, 2.45) is 0 Å². The van der Waals surface area contributed by atoms with Gasteiger partial charge in [0.15, 0.2) is 5.82 Å². The van der Waals surface area contributed by atoms with E-state index in [0.29, 0.717) is 28.2 Å². The molecule has 5 nitrogen and oxygen atoms in total. The fourth-order valence-electron chi connectivity index (χ4n) is 2.57. The number of benzene rings is 2. The maximum Gasteiger partial charge on any atom is 0.291 e. The average Bonchev–Trinajstić information content (AvgIpc) is 3.38. The number of aromatic nitrogens is 3. The van der Waals surface area contributed by atoms with E-state index in [-0.39, 0.29) is 5.91 Å². The molecule has 0 aliphatic carbocycles. The smallest absolute Gasteiger partial charge is 0.291 e. The highest BCUT2D eigenvalue weighted by Crippen LogP contribution is 2.20. The molecule has 1 N–H and O–H groups in total. The summed E-state index contributed by atoms with van der Waals surface area (Å²) in [5.74, 6) is 0.694. The second-order valence-electron chi connectivity index (χ2n) is 5.80. The zero-order valence-corrected chi connectivity index (χ0v) is 15.7. The predicted molar refractivity (Wildman–Crippen MR) is 108 cm³/mol. The van der Waals surface area contributed by atoms with E-state index in [4.69, 9.17) is 11.6 Å². The van der Waals surface area contributed by atoms with Gasteiger partial charge in [-0.25, -0.2) is 0 Å². The zero-order chi connectivity index (χ0) is 18.6. The van der Waals surface area contributed by atoms with Gasteiger partial charge in [0.1, 0.15) is 0 Å². The van der Waals surface area contributed by atoms with Crippen LogP contribution >= 0.6 is 22.9 Å². The van der Waals surface area contributed by atoms with Crippen molar-refractivity contribution in [3.63, 3.8) is 0 Å². The summed E-state index contributed by atoms with van der Waals surface area (Å²) < 4.78 is 1.32. The summed E-state index contributed by atoms with van der Waals surface area (Å²) in [6, 6.07) is 20.7. The Morgan fingerprint density at radius 2 is 1.81 bits per heavy atom. The largest absolute Gasteiger partial charge is 0.350 e. The number of rotatable bonds is 5. The Morgan fingerprint density at radius 3 is 2.52 bits per heavy atom. The van der Waals surface area contributed by atoms with Gasteiger partial charge in [-0.3, -0.25) is 4.79 Å². The second-order valence-corrected chi connectivity index (χ2v) is 7.18. The second kappa shape index (κ2) is 7.73. The Bertz CT molecular complexity index is 1040. The van der Waals surface area contributed by atoms with Crippen LogP contribution in [0, 0.1) is 0 Å². The molecule has 0 saturated heterocycles. The van der Waals surface area contributed by atoms with Gasteiger partial charge >= 0.3 is 0 Å². The predicted octanol–water partition coefficient (Wildman–Crippen LogP) is 4.96. The van der Waals surface area contributed by atoms with Crippen LogP contribution < -0.4 is 5.32 Å². The van der Waals surface area contributed by atoms with Gasteiger partial charge in [-0.2, -0.15) is 9.67 Å². The summed E-state index contributed by atoms with van der Waals surface area (Å²) in [6.45, 7) is 0.502. The van der Waals surface area contributed by atoms with E-state index in [0.717, 1.165) is 11.1 Å². The van der Waals surface area contributed by atoms with Crippen LogP contribution in [0.2, 0.25) is 5.02 Å². The van der Waals surface area contributed by atoms with Crippen molar-refractivity contribution in [3.8, 4) is 11.4 Å². The van der Waals surface area contributed by atoms with Crippen LogP contribution in [0.5, 0.6) is 0 Å². The Labute approximate surface area is 165 Å². The number of hydrogen-bond acceptors (Lipinski definition) is 5. The summed E-state index contributed by atoms with van der Waals surface area (Å²) in [4.78, 5) is 18.0. The van der Waals surface area contributed by atoms with E-state index in [1.165, 1.54) is 16.0 Å². The summed E-state index contributed by atoms with van der Waals surface area (Å²) in [5.41, 5.74) is 1.88. The minimum absolute atomic E-state index is 0.210. The van der Waals surface area contributed by atoms with Crippen molar-refractivity contribution in [2.75, 3.05) is 5.32 Å². The van der Waals surface area contributed by atoms with Gasteiger partial charge in [0.25, 0.3) is 5.91 Å². The minimum Gasteiger partial charge on any atom is -0.350 e. The number of halogens is 1. The fourth-order valence-corrected chi connectivity index (χ4v) is 3.34. The first-order valence-electron chi connectivity index (χ1n) is 8.30. The van der Waals surface area contributed by atoms with Crippen molar-refractivity contribution in [1.29, 1.82) is 0 Å². The lowest BCUT2D eigenvalue weighted by atomic mass is 10.2. The van der Waals surface area contributed by atoms with Crippen molar-refractivity contribution in [3.05, 3.63) is 87.6 Å². The molecule has 0 unspecified atom stereocenters. The number of hydrogen-bond donors (Lipinski definition) is 1. The molecule has 0 radical (unpaired) electrons. The molecule has 0 fully saturated rings. The van der Waals surface area contributed by atoms with Crippen LogP contribution in [0.3, 0.4) is 0 Å². The highest BCUT2D eigenvalue weighted by atomic mass is 35.5. The molecule has 4 aromatic rings. The van der Waals surface area contributed by atoms with Gasteiger partial charge in [-0.15, -0.1) is 16.4 Å². The van der Waals surface area contributed by atoms with Gasteiger partial charge in [0.2, 0.25) is 5.95 Å². The SMILES string of the molecule is O=C(c1cccs1)n1nc(-c2ccccc2)nc1NCc1ccc(Cl)cc1. The number of anilines is 1. The molecule has 4 rings (SSSR count). The van der Waals surface area contributed by atoms with Gasteiger partial charge in [-0.1, -0.05) is 60.1 Å². The van der Waals surface area contributed by atoms with Crippen LogP contribution in [0.1, 0.15) is 15.2 Å². The molecule has 2 aromatic heterocycles. The summed E-state index contributed by atoms with van der Waals surface area (Å²) in [5, 5.41) is 10.2. The maximum atomic E-state index is 12.8. The number of thiophene rings is 1. The van der Waals surface area contributed by atoms with E-state index in [1.54, 1.807) is 6.07 Å². The van der Waals surface area contributed by atoms with Gasteiger partial charge < -0.3 is 5.32 Å². The summed E-state index contributed by atoms with van der Waals surface area (Å²) >= 11 is 7.31. The van der Waals surface area contributed by atoms with Crippen molar-refractivity contribution < 1.29 is 4.79 Å². The molecule has 0 atom stereocenters. The lowest BCUT2D eigenvalue weighted by Gasteiger charge is -2.06. The molecule has 134 valence electrons. The van der Waals surface area contributed by atoms with Gasteiger partial charge in [0, 0.05) is 17.1 Å². The van der Waals surface area contributed by atoms with Crippen LogP contribution in [-0.4, -0.2) is 20.7 Å². The van der Waals surface area contributed by atoms with Crippen molar-refractivity contribution >= 4 is 34.8 Å². The third-order valence-corrected chi connectivity index (χ3v) is 5.04. The van der Waals surface area contributed by atoms with Crippen molar-refractivity contribution in [1.82, 2.24) is 14.8 Å². The quantitative estimate of drug-likeness (QED) is 0.519. The molecule has 27 heavy (non-hydrogen) atoms. The lowest BCUT2D eigenvalue weighted by molar-refractivity contribution is 0.0951. The highest BCUT2D eigenvalue weighted by Gasteiger charge is 2.19. The minimum atomic E-state index is -0.210. The molecule has 2 heterocycles. The van der Waals surface area contributed by atoms with E-state index < -0.39 is 0 Å². The van der Waals surface area contributed by atoms with Crippen LogP contribution in [0.15, 0.2) is 72.1 Å². The Hall–Kier alpha value is -2.96.